The summed E-state index contributed by atoms with van der Waals surface area (Å²) in [6.07, 6.45) is 8.83. The normalized spacial score (nSPS) is 10.8. The van der Waals surface area contributed by atoms with E-state index < -0.39 is 0 Å². The Hall–Kier alpha value is -1.81. The summed E-state index contributed by atoms with van der Waals surface area (Å²) in [6, 6.07) is 5.72. The second-order valence-corrected chi connectivity index (χ2v) is 5.25. The van der Waals surface area contributed by atoms with E-state index in [1.807, 2.05) is 35.3 Å². The van der Waals surface area contributed by atoms with Gasteiger partial charge in [0.2, 0.25) is 0 Å². The van der Waals surface area contributed by atoms with E-state index in [9.17, 15) is 5.11 Å². The summed E-state index contributed by atoms with van der Waals surface area (Å²) < 4.78 is 7.39. The molecule has 2 aromatic rings. The first-order valence-electron chi connectivity index (χ1n) is 7.59. The Kier molecular flexibility index (Phi) is 5.81. The van der Waals surface area contributed by atoms with E-state index in [-0.39, 0.29) is 6.61 Å². The molecule has 0 atom stereocenters. The molecule has 0 fully saturated rings. The van der Waals surface area contributed by atoms with Crippen LogP contribution >= 0.6 is 0 Å². The maximum Gasteiger partial charge on any atom is 0.126 e. The van der Waals surface area contributed by atoms with Crippen molar-refractivity contribution in [1.82, 2.24) is 9.78 Å². The molecule has 1 N–H and O–H groups in total. The molecule has 4 heteroatoms. The summed E-state index contributed by atoms with van der Waals surface area (Å²) in [5, 5.41) is 13.7. The third-order valence-electron chi connectivity index (χ3n) is 3.63. The largest absolute Gasteiger partial charge is 0.496 e. The van der Waals surface area contributed by atoms with Crippen LogP contribution in [-0.2, 0) is 13.2 Å². The molecule has 1 aromatic heterocycles. The van der Waals surface area contributed by atoms with Gasteiger partial charge in [-0.1, -0.05) is 32.3 Å². The minimum absolute atomic E-state index is 0.0299. The topological polar surface area (TPSA) is 47.3 Å². The molecule has 0 spiro atoms. The zero-order chi connectivity index (χ0) is 15.1. The number of methoxy groups -OCH3 is 1. The predicted octanol–water partition coefficient (Wildman–Crippen LogP) is 3.63. The van der Waals surface area contributed by atoms with Gasteiger partial charge in [-0.2, -0.15) is 5.10 Å². The first-order valence-corrected chi connectivity index (χ1v) is 7.59. The molecule has 0 bridgehead atoms. The zero-order valence-corrected chi connectivity index (χ0v) is 12.9. The average molecular weight is 288 g/mol. The monoisotopic (exact) mass is 288 g/mol. The Labute approximate surface area is 126 Å². The summed E-state index contributed by atoms with van der Waals surface area (Å²) in [4.78, 5) is 0. The summed E-state index contributed by atoms with van der Waals surface area (Å²) in [5.41, 5.74) is 2.88. The molecule has 1 aromatic carbocycles. The SMILES string of the molecule is CCCCCCn1cc(-c2cc(CO)ccc2OC)cn1. The van der Waals surface area contributed by atoms with E-state index in [0.29, 0.717) is 0 Å². The number of hydrogen-bond acceptors (Lipinski definition) is 3. The van der Waals surface area contributed by atoms with Crippen molar-refractivity contribution in [3.05, 3.63) is 36.2 Å². The lowest BCUT2D eigenvalue weighted by molar-refractivity contribution is 0.281. The minimum Gasteiger partial charge on any atom is -0.496 e. The second kappa shape index (κ2) is 7.84. The third-order valence-corrected chi connectivity index (χ3v) is 3.63. The highest BCUT2D eigenvalue weighted by Gasteiger charge is 2.09. The fourth-order valence-electron chi connectivity index (χ4n) is 2.40. The number of aliphatic hydroxyl groups is 1. The zero-order valence-electron chi connectivity index (χ0n) is 12.9. The van der Waals surface area contributed by atoms with Gasteiger partial charge in [0, 0.05) is 23.9 Å². The highest BCUT2D eigenvalue weighted by Crippen LogP contribution is 2.30. The fraction of sp³-hybridized carbons (Fsp3) is 0.471. The van der Waals surface area contributed by atoms with Crippen LogP contribution in [0.5, 0.6) is 5.75 Å². The van der Waals surface area contributed by atoms with Crippen molar-refractivity contribution in [2.24, 2.45) is 0 Å². The summed E-state index contributed by atoms with van der Waals surface area (Å²) in [7, 11) is 1.66. The van der Waals surface area contributed by atoms with Crippen LogP contribution in [0.15, 0.2) is 30.6 Å². The van der Waals surface area contributed by atoms with E-state index >= 15 is 0 Å². The number of rotatable bonds is 8. The predicted molar refractivity (Wildman–Crippen MR) is 84.3 cm³/mol. The number of nitrogens with zero attached hydrogens (tertiary/aromatic N) is 2. The fourth-order valence-corrected chi connectivity index (χ4v) is 2.40. The van der Waals surface area contributed by atoms with Crippen molar-refractivity contribution >= 4 is 0 Å². The van der Waals surface area contributed by atoms with Gasteiger partial charge in [-0.3, -0.25) is 4.68 Å². The molecule has 0 aliphatic heterocycles. The standard InChI is InChI=1S/C17H24N2O2/c1-3-4-5-6-9-19-12-15(11-18-19)16-10-14(13-20)7-8-17(16)21-2/h7-8,10-12,20H,3-6,9,13H2,1-2H3. The lowest BCUT2D eigenvalue weighted by atomic mass is 10.1. The first-order chi connectivity index (χ1) is 10.3. The summed E-state index contributed by atoms with van der Waals surface area (Å²) in [5.74, 6) is 0.803. The van der Waals surface area contributed by atoms with Gasteiger partial charge in [0.25, 0.3) is 0 Å². The molecule has 21 heavy (non-hydrogen) atoms. The molecular formula is C17H24N2O2. The number of ether oxygens (including phenoxy) is 1. The van der Waals surface area contributed by atoms with Crippen molar-refractivity contribution in [2.45, 2.75) is 45.8 Å². The van der Waals surface area contributed by atoms with Crippen molar-refractivity contribution in [2.75, 3.05) is 7.11 Å². The van der Waals surface area contributed by atoms with E-state index in [4.69, 9.17) is 4.74 Å². The molecule has 1 heterocycles. The maximum absolute atomic E-state index is 9.28. The van der Waals surface area contributed by atoms with Gasteiger partial charge in [0.15, 0.2) is 0 Å². The van der Waals surface area contributed by atoms with Gasteiger partial charge in [-0.05, 0) is 24.1 Å². The van der Waals surface area contributed by atoms with Crippen LogP contribution in [0.2, 0.25) is 0 Å². The van der Waals surface area contributed by atoms with Crippen molar-refractivity contribution < 1.29 is 9.84 Å². The molecule has 0 saturated carbocycles. The molecule has 0 aliphatic rings. The Balaban J connectivity index is 2.13. The Morgan fingerprint density at radius 2 is 2.10 bits per heavy atom. The first kappa shape index (κ1) is 15.6. The minimum atomic E-state index is 0.0299. The Morgan fingerprint density at radius 1 is 1.24 bits per heavy atom. The number of aliphatic hydroxyl groups excluding tert-OH is 1. The van der Waals surface area contributed by atoms with Crippen LogP contribution in [0.1, 0.15) is 38.2 Å². The van der Waals surface area contributed by atoms with E-state index in [1.165, 1.54) is 19.3 Å². The maximum atomic E-state index is 9.28. The number of unbranched alkanes of at least 4 members (excludes halogenated alkanes) is 3. The van der Waals surface area contributed by atoms with Crippen molar-refractivity contribution in [3.63, 3.8) is 0 Å². The lowest BCUT2D eigenvalue weighted by Crippen LogP contribution is -1.97. The molecule has 0 saturated heterocycles. The smallest absolute Gasteiger partial charge is 0.126 e. The average Bonchev–Trinajstić information content (AvgIpc) is 2.99. The lowest BCUT2D eigenvalue weighted by Gasteiger charge is -2.08. The molecule has 0 unspecified atom stereocenters. The molecule has 4 nitrogen and oxygen atoms in total. The van der Waals surface area contributed by atoms with E-state index in [1.54, 1.807) is 7.11 Å². The van der Waals surface area contributed by atoms with Gasteiger partial charge in [0.05, 0.1) is 19.9 Å². The second-order valence-electron chi connectivity index (χ2n) is 5.25. The van der Waals surface area contributed by atoms with Crippen LogP contribution in [-0.4, -0.2) is 22.0 Å². The highest BCUT2D eigenvalue weighted by molar-refractivity contribution is 5.70. The number of aryl methyl sites for hydroxylation is 1. The molecule has 0 amide bonds. The molecule has 114 valence electrons. The number of aromatic nitrogens is 2. The molecule has 2 rings (SSSR count). The third kappa shape index (κ3) is 4.08. The van der Waals surface area contributed by atoms with Gasteiger partial charge < -0.3 is 9.84 Å². The quantitative estimate of drug-likeness (QED) is 0.754. The highest BCUT2D eigenvalue weighted by atomic mass is 16.5. The summed E-state index contributed by atoms with van der Waals surface area (Å²) in [6.45, 7) is 3.19. The molecular weight excluding hydrogens is 264 g/mol. The summed E-state index contributed by atoms with van der Waals surface area (Å²) >= 11 is 0. The van der Waals surface area contributed by atoms with Crippen LogP contribution in [0, 0.1) is 0 Å². The number of hydrogen-bond donors (Lipinski definition) is 1. The molecule has 0 aliphatic carbocycles. The van der Waals surface area contributed by atoms with Crippen molar-refractivity contribution in [1.29, 1.82) is 0 Å². The Morgan fingerprint density at radius 3 is 2.81 bits per heavy atom. The van der Waals surface area contributed by atoms with Crippen LogP contribution in [0.3, 0.4) is 0 Å². The van der Waals surface area contributed by atoms with Crippen LogP contribution in [0.4, 0.5) is 0 Å². The number of benzene rings is 1. The van der Waals surface area contributed by atoms with Crippen molar-refractivity contribution in [3.8, 4) is 16.9 Å². The van der Waals surface area contributed by atoms with Crippen LogP contribution in [0.25, 0.3) is 11.1 Å². The van der Waals surface area contributed by atoms with E-state index in [2.05, 4.69) is 12.0 Å². The van der Waals surface area contributed by atoms with Gasteiger partial charge >= 0.3 is 0 Å². The van der Waals surface area contributed by atoms with E-state index in [0.717, 1.165) is 35.4 Å². The van der Waals surface area contributed by atoms with Gasteiger partial charge in [-0.15, -0.1) is 0 Å². The van der Waals surface area contributed by atoms with Gasteiger partial charge in [-0.25, -0.2) is 0 Å². The van der Waals surface area contributed by atoms with Crippen LogP contribution < -0.4 is 4.74 Å². The Bertz CT molecular complexity index is 564. The van der Waals surface area contributed by atoms with Gasteiger partial charge in [0.1, 0.15) is 5.75 Å². The molecule has 0 radical (unpaired) electrons.